The second kappa shape index (κ2) is 8.20. The molecule has 0 saturated heterocycles. The minimum atomic E-state index is -3.29. The topological polar surface area (TPSA) is 89.0 Å². The van der Waals surface area contributed by atoms with Gasteiger partial charge in [0.05, 0.1) is 4.90 Å². The molecule has 0 aliphatic carbocycles. The quantitative estimate of drug-likeness (QED) is 0.483. The molecule has 0 saturated carbocycles. The van der Waals surface area contributed by atoms with Gasteiger partial charge in [0.2, 0.25) is 5.13 Å². The third-order valence-electron chi connectivity index (χ3n) is 3.65. The molecule has 1 aromatic heterocycles. The van der Waals surface area contributed by atoms with Crippen LogP contribution in [0, 0.1) is 6.92 Å². The lowest BCUT2D eigenvalue weighted by Crippen LogP contribution is -2.11. The zero-order valence-electron chi connectivity index (χ0n) is 14.7. The summed E-state index contributed by atoms with van der Waals surface area (Å²) in [4.78, 5) is 12.4. The number of benzene rings is 2. The first-order valence-corrected chi connectivity index (χ1v) is 11.6. The Kier molecular flexibility index (Phi) is 5.93. The first-order chi connectivity index (χ1) is 12.8. The van der Waals surface area contributed by atoms with Gasteiger partial charge in [-0.05, 0) is 36.8 Å². The number of carbonyl (C=O) groups is 1. The molecule has 1 amide bonds. The largest absolute Gasteiger partial charge is 0.296 e. The molecule has 0 unspecified atom stereocenters. The monoisotopic (exact) mass is 419 g/mol. The molecule has 0 spiro atoms. The molecule has 0 atom stereocenters. The van der Waals surface area contributed by atoms with Gasteiger partial charge in [-0.2, -0.15) is 0 Å². The van der Waals surface area contributed by atoms with E-state index < -0.39 is 9.84 Å². The number of amides is 1. The highest BCUT2D eigenvalue weighted by molar-refractivity contribution is 8.00. The van der Waals surface area contributed by atoms with E-state index >= 15 is 0 Å². The van der Waals surface area contributed by atoms with Crippen molar-refractivity contribution in [3.63, 3.8) is 0 Å². The van der Waals surface area contributed by atoms with Gasteiger partial charge in [0, 0.05) is 17.6 Å². The van der Waals surface area contributed by atoms with Gasteiger partial charge in [0.25, 0.3) is 5.91 Å². The number of hydrogen-bond donors (Lipinski definition) is 1. The number of sulfone groups is 1. The van der Waals surface area contributed by atoms with E-state index in [1.807, 2.05) is 6.92 Å². The number of rotatable bonds is 6. The molecule has 2 aromatic carbocycles. The Balaban J connectivity index is 1.59. The van der Waals surface area contributed by atoms with E-state index in [-0.39, 0.29) is 10.8 Å². The van der Waals surface area contributed by atoms with E-state index in [9.17, 15) is 13.2 Å². The summed E-state index contributed by atoms with van der Waals surface area (Å²) in [5.41, 5.74) is 2.76. The maximum Gasteiger partial charge on any atom is 0.257 e. The van der Waals surface area contributed by atoms with Gasteiger partial charge < -0.3 is 0 Å². The van der Waals surface area contributed by atoms with Crippen LogP contribution in [0.3, 0.4) is 0 Å². The first kappa shape index (κ1) is 19.5. The highest BCUT2D eigenvalue weighted by Gasteiger charge is 2.12. The maximum absolute atomic E-state index is 12.3. The molecule has 0 aliphatic rings. The van der Waals surface area contributed by atoms with Gasteiger partial charge in [-0.1, -0.05) is 52.9 Å². The third kappa shape index (κ3) is 5.38. The van der Waals surface area contributed by atoms with Gasteiger partial charge in [0.1, 0.15) is 0 Å². The number of aromatic nitrogens is 2. The molecular weight excluding hydrogens is 402 g/mol. The van der Waals surface area contributed by atoms with Crippen molar-refractivity contribution in [3.05, 3.63) is 65.2 Å². The Labute approximate surface area is 166 Å². The molecule has 3 rings (SSSR count). The summed E-state index contributed by atoms with van der Waals surface area (Å²) >= 11 is 2.85. The van der Waals surface area contributed by atoms with E-state index in [0.29, 0.717) is 10.7 Å². The normalized spacial score (nSPS) is 11.3. The number of nitrogens with one attached hydrogen (secondary N) is 1. The van der Waals surface area contributed by atoms with Crippen LogP contribution in [0.5, 0.6) is 0 Å². The van der Waals surface area contributed by atoms with Crippen molar-refractivity contribution in [2.75, 3.05) is 11.6 Å². The molecule has 1 N–H and O–H groups in total. The van der Waals surface area contributed by atoms with E-state index in [4.69, 9.17) is 0 Å². The molecule has 0 bridgehead atoms. The smallest absolute Gasteiger partial charge is 0.257 e. The Hall–Kier alpha value is -2.23. The van der Waals surface area contributed by atoms with Gasteiger partial charge in [-0.3, -0.25) is 10.1 Å². The maximum atomic E-state index is 12.3. The molecule has 0 fully saturated rings. The number of aryl methyl sites for hydroxylation is 1. The summed E-state index contributed by atoms with van der Waals surface area (Å²) in [5, 5.41) is 11.2. The molecule has 6 nitrogen and oxygen atoms in total. The second-order valence-electron chi connectivity index (χ2n) is 5.90. The van der Waals surface area contributed by atoms with Crippen molar-refractivity contribution in [2.24, 2.45) is 0 Å². The van der Waals surface area contributed by atoms with Gasteiger partial charge in [-0.25, -0.2) is 8.42 Å². The van der Waals surface area contributed by atoms with Crippen LogP contribution in [0.15, 0.2) is 57.8 Å². The van der Waals surface area contributed by atoms with Crippen LogP contribution in [0.2, 0.25) is 0 Å². The fraction of sp³-hybridized carbons (Fsp3) is 0.167. The minimum Gasteiger partial charge on any atom is -0.296 e. The summed E-state index contributed by atoms with van der Waals surface area (Å²) in [7, 11) is -3.29. The second-order valence-corrected chi connectivity index (χ2v) is 10.1. The van der Waals surface area contributed by atoms with E-state index in [1.165, 1.54) is 46.7 Å². The first-order valence-electron chi connectivity index (χ1n) is 7.94. The van der Waals surface area contributed by atoms with Crippen molar-refractivity contribution < 1.29 is 13.2 Å². The summed E-state index contributed by atoms with van der Waals surface area (Å²) in [6.07, 6.45) is 1.12. The highest BCUT2D eigenvalue weighted by atomic mass is 32.2. The third-order valence-corrected chi connectivity index (χ3v) is 6.83. The lowest BCUT2D eigenvalue weighted by atomic mass is 10.2. The number of anilines is 1. The van der Waals surface area contributed by atoms with Crippen molar-refractivity contribution >= 4 is 44.0 Å². The molecule has 9 heteroatoms. The average molecular weight is 420 g/mol. The molecular formula is C18H17N3O3S3. The Bertz CT molecular complexity index is 1040. The molecule has 1 heterocycles. The predicted molar refractivity (Wildman–Crippen MR) is 108 cm³/mol. The summed E-state index contributed by atoms with van der Waals surface area (Å²) in [5.74, 6) is 0.414. The van der Waals surface area contributed by atoms with Gasteiger partial charge >= 0.3 is 0 Å². The molecule has 27 heavy (non-hydrogen) atoms. The summed E-state index contributed by atoms with van der Waals surface area (Å²) in [6, 6.07) is 14.0. The lowest BCUT2D eigenvalue weighted by Gasteiger charge is -2.02. The van der Waals surface area contributed by atoms with Gasteiger partial charge in [0.15, 0.2) is 14.2 Å². The van der Waals surface area contributed by atoms with Crippen LogP contribution >= 0.6 is 23.1 Å². The van der Waals surface area contributed by atoms with E-state index in [2.05, 4.69) is 39.8 Å². The summed E-state index contributed by atoms with van der Waals surface area (Å²) in [6.45, 7) is 2.05. The SMILES string of the molecule is Cc1ccc(CSc2nnc(NC(=O)c3ccc(S(C)(=O)=O)cc3)s2)cc1. The number of thioether (sulfide) groups is 1. The Morgan fingerprint density at radius 1 is 1.07 bits per heavy atom. The number of hydrogen-bond acceptors (Lipinski definition) is 7. The number of carbonyl (C=O) groups excluding carboxylic acids is 1. The Morgan fingerprint density at radius 3 is 2.37 bits per heavy atom. The lowest BCUT2D eigenvalue weighted by molar-refractivity contribution is 0.102. The zero-order chi connectivity index (χ0) is 19.4. The van der Waals surface area contributed by atoms with Gasteiger partial charge in [-0.15, -0.1) is 10.2 Å². The highest BCUT2D eigenvalue weighted by Crippen LogP contribution is 2.28. The molecule has 0 aliphatic heterocycles. The molecule has 140 valence electrons. The van der Waals surface area contributed by atoms with Crippen molar-refractivity contribution in [2.45, 2.75) is 21.9 Å². The van der Waals surface area contributed by atoms with Crippen LogP contribution in [-0.4, -0.2) is 30.8 Å². The van der Waals surface area contributed by atoms with Crippen molar-refractivity contribution in [3.8, 4) is 0 Å². The van der Waals surface area contributed by atoms with Crippen LogP contribution in [0.25, 0.3) is 0 Å². The fourth-order valence-corrected chi connectivity index (χ4v) is 4.50. The van der Waals surface area contributed by atoms with Crippen LogP contribution in [0.1, 0.15) is 21.5 Å². The van der Waals surface area contributed by atoms with E-state index in [0.717, 1.165) is 16.3 Å². The molecule has 3 aromatic rings. The standard InChI is InChI=1S/C18H17N3O3S3/c1-12-3-5-13(6-4-12)11-25-18-21-20-17(26-18)19-16(22)14-7-9-15(10-8-14)27(2,23)24/h3-10H,11H2,1-2H3,(H,19,20,22). The number of nitrogens with zero attached hydrogens (tertiary/aromatic N) is 2. The summed E-state index contributed by atoms with van der Waals surface area (Å²) < 4.78 is 23.7. The van der Waals surface area contributed by atoms with Crippen LogP contribution < -0.4 is 5.32 Å². The Morgan fingerprint density at radius 2 is 1.74 bits per heavy atom. The fourth-order valence-electron chi connectivity index (χ4n) is 2.17. The van der Waals surface area contributed by atoms with E-state index in [1.54, 1.807) is 11.8 Å². The molecule has 0 radical (unpaired) electrons. The van der Waals surface area contributed by atoms with Crippen LogP contribution in [-0.2, 0) is 15.6 Å². The average Bonchev–Trinajstić information content (AvgIpc) is 3.08. The van der Waals surface area contributed by atoms with Crippen molar-refractivity contribution in [1.29, 1.82) is 0 Å². The minimum absolute atomic E-state index is 0.171. The van der Waals surface area contributed by atoms with Crippen LogP contribution in [0.4, 0.5) is 5.13 Å². The van der Waals surface area contributed by atoms with Crippen molar-refractivity contribution in [1.82, 2.24) is 10.2 Å². The zero-order valence-corrected chi connectivity index (χ0v) is 17.1. The predicted octanol–water partition coefficient (Wildman–Crippen LogP) is 3.79.